The first-order valence-corrected chi connectivity index (χ1v) is 9.20. The fourth-order valence-electron chi connectivity index (χ4n) is 1.74. The molecule has 0 spiro atoms. The van der Waals surface area contributed by atoms with Crippen LogP contribution in [0, 0.1) is 0 Å². The summed E-state index contributed by atoms with van der Waals surface area (Å²) < 4.78 is 68.9. The molecule has 2 rings (SSSR count). The molecule has 130 valence electrons. The molecule has 4 nitrogen and oxygen atoms in total. The smallest absolute Gasteiger partial charge is 0.416 e. The molecule has 9 heteroatoms. The van der Waals surface area contributed by atoms with E-state index in [1.165, 1.54) is 37.3 Å². The molecule has 0 unspecified atom stereocenters. The molecule has 0 radical (unpaired) electrons. The van der Waals surface area contributed by atoms with Crippen LogP contribution in [0.4, 0.5) is 18.9 Å². The van der Waals surface area contributed by atoms with Gasteiger partial charge in [-0.3, -0.25) is 4.72 Å². The van der Waals surface area contributed by atoms with Crippen LogP contribution in [0.3, 0.4) is 0 Å². The van der Waals surface area contributed by atoms with E-state index in [2.05, 4.69) is 20.7 Å². The predicted octanol–water partition coefficient (Wildman–Crippen LogP) is 5.02. The Labute approximate surface area is 145 Å². The lowest BCUT2D eigenvalue weighted by molar-refractivity contribution is -0.137. The van der Waals surface area contributed by atoms with Crippen molar-refractivity contribution in [3.63, 3.8) is 0 Å². The molecule has 0 aromatic heterocycles. The van der Waals surface area contributed by atoms with Gasteiger partial charge in [-0.05, 0) is 65.3 Å². The van der Waals surface area contributed by atoms with E-state index < -0.39 is 21.8 Å². The van der Waals surface area contributed by atoms with Crippen molar-refractivity contribution in [2.45, 2.75) is 13.1 Å². The van der Waals surface area contributed by atoms with Gasteiger partial charge < -0.3 is 4.74 Å². The van der Waals surface area contributed by atoms with E-state index >= 15 is 0 Å². The maximum atomic E-state index is 12.5. The van der Waals surface area contributed by atoms with Gasteiger partial charge in [-0.2, -0.15) is 13.2 Å². The molecule has 0 aliphatic rings. The third kappa shape index (κ3) is 4.88. The first-order chi connectivity index (χ1) is 11.1. The molecule has 0 aliphatic carbocycles. The van der Waals surface area contributed by atoms with E-state index in [9.17, 15) is 21.6 Å². The predicted molar refractivity (Wildman–Crippen MR) is 88.7 cm³/mol. The van der Waals surface area contributed by atoms with Crippen molar-refractivity contribution in [2.24, 2.45) is 0 Å². The Morgan fingerprint density at radius 2 is 1.75 bits per heavy atom. The molecule has 0 heterocycles. The van der Waals surface area contributed by atoms with Crippen LogP contribution < -0.4 is 9.46 Å². The van der Waals surface area contributed by atoms with Crippen LogP contribution >= 0.6 is 15.9 Å². The zero-order valence-electron chi connectivity index (χ0n) is 12.4. The van der Waals surface area contributed by atoms with E-state index in [1.54, 1.807) is 0 Å². The van der Waals surface area contributed by atoms with Gasteiger partial charge in [0.25, 0.3) is 0 Å². The summed E-state index contributed by atoms with van der Waals surface area (Å²) in [5, 5.41) is 0. The molecule has 0 saturated heterocycles. The van der Waals surface area contributed by atoms with Crippen molar-refractivity contribution in [1.29, 1.82) is 0 Å². The Morgan fingerprint density at radius 3 is 2.25 bits per heavy atom. The van der Waals surface area contributed by atoms with Crippen LogP contribution in [0.15, 0.2) is 46.9 Å². The van der Waals surface area contributed by atoms with Gasteiger partial charge in [-0.25, -0.2) is 8.42 Å². The fraction of sp³-hybridized carbons (Fsp3) is 0.200. The van der Waals surface area contributed by atoms with Gasteiger partial charge in [-0.15, -0.1) is 0 Å². The van der Waals surface area contributed by atoms with Crippen molar-refractivity contribution in [3.8, 4) is 11.5 Å². The highest BCUT2D eigenvalue weighted by Crippen LogP contribution is 2.34. The fourth-order valence-corrected chi connectivity index (χ4v) is 2.83. The largest absolute Gasteiger partial charge is 0.456 e. The molecule has 0 amide bonds. The molecule has 0 fully saturated rings. The molecular formula is C15H13BrF3NO3S. The normalized spacial score (nSPS) is 12.0. The number of rotatable bonds is 5. The monoisotopic (exact) mass is 423 g/mol. The van der Waals surface area contributed by atoms with Crippen molar-refractivity contribution < 1.29 is 26.3 Å². The third-order valence-electron chi connectivity index (χ3n) is 2.99. The van der Waals surface area contributed by atoms with Gasteiger partial charge in [0.15, 0.2) is 0 Å². The van der Waals surface area contributed by atoms with Crippen LogP contribution in [0.1, 0.15) is 12.5 Å². The van der Waals surface area contributed by atoms with Gasteiger partial charge >= 0.3 is 6.18 Å². The quantitative estimate of drug-likeness (QED) is 0.734. The van der Waals surface area contributed by atoms with E-state index in [4.69, 9.17) is 4.74 Å². The number of sulfonamides is 1. The Morgan fingerprint density at radius 1 is 1.12 bits per heavy atom. The number of nitrogens with one attached hydrogen (secondary N) is 1. The van der Waals surface area contributed by atoms with E-state index in [0.717, 1.165) is 12.1 Å². The number of hydrogen-bond donors (Lipinski definition) is 1. The summed E-state index contributed by atoms with van der Waals surface area (Å²) >= 11 is 3.24. The number of benzene rings is 2. The van der Waals surface area contributed by atoms with Gasteiger partial charge in [0, 0.05) is 5.69 Å². The van der Waals surface area contributed by atoms with Crippen molar-refractivity contribution in [2.75, 3.05) is 10.5 Å². The maximum absolute atomic E-state index is 12.5. The Hall–Kier alpha value is -1.74. The lowest BCUT2D eigenvalue weighted by Crippen LogP contribution is -2.14. The summed E-state index contributed by atoms with van der Waals surface area (Å²) in [6.07, 6.45) is -4.41. The number of ether oxygens (including phenoxy) is 1. The highest BCUT2D eigenvalue weighted by molar-refractivity contribution is 9.10. The third-order valence-corrected chi connectivity index (χ3v) is 4.92. The average Bonchev–Trinajstić information content (AvgIpc) is 2.49. The summed E-state index contributed by atoms with van der Waals surface area (Å²) in [6, 6.07) is 8.78. The van der Waals surface area contributed by atoms with Crippen LogP contribution in [0.5, 0.6) is 11.5 Å². The number of anilines is 1. The molecule has 0 saturated carbocycles. The van der Waals surface area contributed by atoms with Crippen LogP contribution in [-0.2, 0) is 16.2 Å². The standard InChI is InChI=1S/C15H13BrF3NO3S/c1-2-24(21,22)20-11-5-8-14(13(16)9-11)23-12-6-3-10(4-7-12)15(17,18)19/h3-9,20H,2H2,1H3. The summed E-state index contributed by atoms with van der Waals surface area (Å²) in [7, 11) is -3.40. The highest BCUT2D eigenvalue weighted by Gasteiger charge is 2.30. The lowest BCUT2D eigenvalue weighted by atomic mass is 10.2. The molecule has 2 aromatic carbocycles. The molecule has 1 N–H and O–H groups in total. The van der Waals surface area contributed by atoms with Crippen LogP contribution in [0.25, 0.3) is 0 Å². The van der Waals surface area contributed by atoms with Crippen molar-refractivity contribution >= 4 is 31.6 Å². The number of hydrogen-bond acceptors (Lipinski definition) is 3. The SMILES string of the molecule is CCS(=O)(=O)Nc1ccc(Oc2ccc(C(F)(F)F)cc2)c(Br)c1. The van der Waals surface area contributed by atoms with Gasteiger partial charge in [0.2, 0.25) is 10.0 Å². The molecular weight excluding hydrogens is 411 g/mol. The summed E-state index contributed by atoms with van der Waals surface area (Å²) in [6.45, 7) is 1.51. The molecule has 0 atom stereocenters. The first-order valence-electron chi connectivity index (χ1n) is 6.76. The highest BCUT2D eigenvalue weighted by atomic mass is 79.9. The molecule has 2 aromatic rings. The Bertz CT molecular complexity index is 821. The Kier molecular flexibility index (Phi) is 5.44. The van der Waals surface area contributed by atoms with Crippen molar-refractivity contribution in [3.05, 3.63) is 52.5 Å². The molecule has 0 aliphatic heterocycles. The van der Waals surface area contributed by atoms with E-state index in [-0.39, 0.29) is 11.5 Å². The second-order valence-electron chi connectivity index (χ2n) is 4.77. The van der Waals surface area contributed by atoms with E-state index in [1.807, 2.05) is 0 Å². The summed E-state index contributed by atoms with van der Waals surface area (Å²) in [5.74, 6) is 0.508. The molecule has 0 bridgehead atoms. The van der Waals surface area contributed by atoms with Gasteiger partial charge in [0.1, 0.15) is 11.5 Å². The first kappa shape index (κ1) is 18.6. The summed E-state index contributed by atoms with van der Waals surface area (Å²) in [5.41, 5.74) is -0.415. The zero-order valence-corrected chi connectivity index (χ0v) is 14.8. The zero-order chi connectivity index (χ0) is 18.0. The summed E-state index contributed by atoms with van der Waals surface area (Å²) in [4.78, 5) is 0. The number of alkyl halides is 3. The maximum Gasteiger partial charge on any atom is 0.416 e. The average molecular weight is 424 g/mol. The minimum Gasteiger partial charge on any atom is -0.456 e. The van der Waals surface area contributed by atoms with Gasteiger partial charge in [0.05, 0.1) is 15.8 Å². The second-order valence-corrected chi connectivity index (χ2v) is 7.64. The van der Waals surface area contributed by atoms with Crippen LogP contribution in [0.2, 0.25) is 0 Å². The number of halogens is 4. The molecule has 24 heavy (non-hydrogen) atoms. The minimum atomic E-state index is -4.41. The Balaban J connectivity index is 2.16. The second kappa shape index (κ2) is 7.02. The topological polar surface area (TPSA) is 55.4 Å². The van der Waals surface area contributed by atoms with E-state index in [0.29, 0.717) is 15.9 Å². The lowest BCUT2D eigenvalue weighted by Gasteiger charge is -2.12. The minimum absolute atomic E-state index is 0.0611. The van der Waals surface area contributed by atoms with Crippen molar-refractivity contribution in [1.82, 2.24) is 0 Å². The van der Waals surface area contributed by atoms with Gasteiger partial charge in [-0.1, -0.05) is 0 Å². The van der Waals surface area contributed by atoms with Crippen LogP contribution in [-0.4, -0.2) is 14.2 Å².